The first-order valence-electron chi connectivity index (χ1n) is 10.0. The van der Waals surface area contributed by atoms with Gasteiger partial charge >= 0.3 is 6.36 Å². The summed E-state index contributed by atoms with van der Waals surface area (Å²) < 4.78 is 47.2. The lowest BCUT2D eigenvalue weighted by Crippen LogP contribution is -2.32. The minimum Gasteiger partial charge on any atom is -0.496 e. The van der Waals surface area contributed by atoms with Crippen molar-refractivity contribution in [1.82, 2.24) is 9.88 Å². The lowest BCUT2D eigenvalue weighted by atomic mass is 10.0. The molecule has 0 atom stereocenters. The van der Waals surface area contributed by atoms with Crippen molar-refractivity contribution in [2.75, 3.05) is 12.4 Å². The highest BCUT2D eigenvalue weighted by Gasteiger charge is 2.40. The van der Waals surface area contributed by atoms with Gasteiger partial charge in [-0.3, -0.25) is 19.5 Å². The van der Waals surface area contributed by atoms with Crippen LogP contribution in [0.15, 0.2) is 78.8 Å². The Kier molecular flexibility index (Phi) is 6.22. The number of imide groups is 1. The third-order valence-corrected chi connectivity index (χ3v) is 4.94. The molecule has 2 aromatic carbocycles. The highest BCUT2D eigenvalue weighted by Crippen LogP contribution is 2.36. The van der Waals surface area contributed by atoms with E-state index in [0.717, 1.165) is 17.0 Å². The fourth-order valence-corrected chi connectivity index (χ4v) is 3.53. The van der Waals surface area contributed by atoms with Crippen LogP contribution in [0.2, 0.25) is 0 Å². The average molecular weight is 469 g/mol. The molecular weight excluding hydrogens is 451 g/mol. The number of carbonyl (C=O) groups is 2. The van der Waals surface area contributed by atoms with Crippen LogP contribution in [0.1, 0.15) is 11.1 Å². The molecule has 1 aliphatic rings. The molecule has 1 aromatic heterocycles. The third-order valence-electron chi connectivity index (χ3n) is 4.94. The van der Waals surface area contributed by atoms with Crippen LogP contribution in [-0.4, -0.2) is 35.2 Å². The number of benzene rings is 2. The van der Waals surface area contributed by atoms with Gasteiger partial charge in [-0.15, -0.1) is 13.2 Å². The van der Waals surface area contributed by atoms with Crippen molar-refractivity contribution in [2.24, 2.45) is 0 Å². The molecule has 2 heterocycles. The van der Waals surface area contributed by atoms with Crippen LogP contribution >= 0.6 is 0 Å². The number of alkyl halides is 3. The molecule has 0 radical (unpaired) electrons. The van der Waals surface area contributed by atoms with Crippen molar-refractivity contribution in [3.63, 3.8) is 0 Å². The van der Waals surface area contributed by atoms with E-state index in [4.69, 9.17) is 4.74 Å². The molecule has 2 amide bonds. The minimum atomic E-state index is -4.87. The van der Waals surface area contributed by atoms with Crippen LogP contribution < -0.4 is 14.8 Å². The molecule has 7 nitrogen and oxygen atoms in total. The van der Waals surface area contributed by atoms with Crippen molar-refractivity contribution >= 4 is 23.1 Å². The molecule has 0 spiro atoms. The summed E-state index contributed by atoms with van der Waals surface area (Å²) in [6.45, 7) is -0.0352. The number of rotatable bonds is 7. The Morgan fingerprint density at radius 2 is 1.79 bits per heavy atom. The number of para-hydroxylation sites is 1. The number of methoxy groups -OCH3 is 1. The van der Waals surface area contributed by atoms with E-state index in [0.29, 0.717) is 16.9 Å². The van der Waals surface area contributed by atoms with E-state index in [-0.39, 0.29) is 23.5 Å². The Balaban J connectivity index is 1.75. The summed E-state index contributed by atoms with van der Waals surface area (Å²) in [4.78, 5) is 31.8. The van der Waals surface area contributed by atoms with E-state index in [1.807, 2.05) is 0 Å². The first-order chi connectivity index (χ1) is 16.3. The van der Waals surface area contributed by atoms with Crippen molar-refractivity contribution in [3.05, 3.63) is 89.9 Å². The van der Waals surface area contributed by atoms with Gasteiger partial charge in [0.15, 0.2) is 0 Å². The third kappa shape index (κ3) is 4.85. The Bertz CT molecular complexity index is 1260. The first kappa shape index (κ1) is 22.8. The van der Waals surface area contributed by atoms with Crippen molar-refractivity contribution < 1.29 is 32.2 Å². The van der Waals surface area contributed by atoms with E-state index in [2.05, 4.69) is 15.0 Å². The van der Waals surface area contributed by atoms with Gasteiger partial charge in [-0.2, -0.15) is 0 Å². The number of pyridine rings is 1. The standard InChI is InChI=1S/C24H18F3N3O4/c1-33-19-10-3-2-9-18(19)20-21(29-16-7-4-8-17(12-16)34-24(25,26)27)23(32)30(22(20)31)14-15-6-5-11-28-13-15/h2-13,29H,14H2,1H3. The number of amides is 2. The van der Waals surface area contributed by atoms with E-state index < -0.39 is 23.9 Å². The zero-order valence-corrected chi connectivity index (χ0v) is 17.8. The van der Waals surface area contributed by atoms with E-state index >= 15 is 0 Å². The number of hydrogen-bond acceptors (Lipinski definition) is 6. The molecule has 10 heteroatoms. The van der Waals surface area contributed by atoms with Crippen LogP contribution in [0.5, 0.6) is 11.5 Å². The van der Waals surface area contributed by atoms with Crippen LogP contribution in [0, 0.1) is 0 Å². The second kappa shape index (κ2) is 9.26. The van der Waals surface area contributed by atoms with Crippen LogP contribution in [0.4, 0.5) is 18.9 Å². The minimum absolute atomic E-state index is 0.0352. The number of anilines is 1. The van der Waals surface area contributed by atoms with Gasteiger partial charge in [-0.1, -0.05) is 30.3 Å². The first-order valence-corrected chi connectivity index (χ1v) is 10.0. The van der Waals surface area contributed by atoms with Gasteiger partial charge in [0.05, 0.1) is 19.2 Å². The molecule has 4 rings (SSSR count). The zero-order chi connectivity index (χ0) is 24.3. The van der Waals surface area contributed by atoms with Crippen LogP contribution in [-0.2, 0) is 16.1 Å². The van der Waals surface area contributed by atoms with E-state index in [1.54, 1.807) is 42.6 Å². The van der Waals surface area contributed by atoms with E-state index in [1.165, 1.54) is 25.4 Å². The number of aromatic nitrogens is 1. The Morgan fingerprint density at radius 1 is 1.00 bits per heavy atom. The van der Waals surface area contributed by atoms with Crippen molar-refractivity contribution in [1.29, 1.82) is 0 Å². The number of nitrogens with one attached hydrogen (secondary N) is 1. The normalized spacial score (nSPS) is 13.9. The van der Waals surface area contributed by atoms with Gasteiger partial charge in [-0.25, -0.2) is 0 Å². The number of nitrogens with zero attached hydrogens (tertiary/aromatic N) is 2. The summed E-state index contributed by atoms with van der Waals surface area (Å²) in [5.41, 5.74) is 1.07. The lowest BCUT2D eigenvalue weighted by Gasteiger charge is -2.15. The van der Waals surface area contributed by atoms with Gasteiger partial charge < -0.3 is 14.8 Å². The summed E-state index contributed by atoms with van der Waals surface area (Å²) in [5, 5.41) is 2.81. The summed E-state index contributed by atoms with van der Waals surface area (Å²) in [6.07, 6.45) is -1.77. The summed E-state index contributed by atoms with van der Waals surface area (Å²) in [7, 11) is 1.43. The predicted octanol–water partition coefficient (Wildman–Crippen LogP) is 4.38. The quantitative estimate of drug-likeness (QED) is 0.518. The Hall–Kier alpha value is -4.34. The fraction of sp³-hybridized carbons (Fsp3) is 0.125. The molecule has 0 unspecified atom stereocenters. The average Bonchev–Trinajstić information content (AvgIpc) is 3.03. The van der Waals surface area contributed by atoms with E-state index in [9.17, 15) is 22.8 Å². The summed E-state index contributed by atoms with van der Waals surface area (Å²) in [6, 6.07) is 15.1. The topological polar surface area (TPSA) is 80.8 Å². The monoisotopic (exact) mass is 469 g/mol. The maximum Gasteiger partial charge on any atom is 0.573 e. The summed E-state index contributed by atoms with van der Waals surface area (Å²) in [5.74, 6) is -1.34. The lowest BCUT2D eigenvalue weighted by molar-refractivity contribution is -0.274. The van der Waals surface area contributed by atoms with Gasteiger partial charge in [0.1, 0.15) is 17.2 Å². The molecule has 1 N–H and O–H groups in total. The fourth-order valence-electron chi connectivity index (χ4n) is 3.53. The Morgan fingerprint density at radius 3 is 2.50 bits per heavy atom. The van der Waals surface area contributed by atoms with Crippen molar-refractivity contribution in [3.8, 4) is 11.5 Å². The maximum atomic E-state index is 13.4. The molecule has 0 saturated carbocycles. The Labute approximate surface area is 192 Å². The SMILES string of the molecule is COc1ccccc1C1=C(Nc2cccc(OC(F)(F)F)c2)C(=O)N(Cc2cccnc2)C1=O. The number of carbonyl (C=O) groups excluding carboxylic acids is 2. The molecule has 1 aliphatic heterocycles. The largest absolute Gasteiger partial charge is 0.573 e. The smallest absolute Gasteiger partial charge is 0.496 e. The molecule has 3 aromatic rings. The number of hydrogen-bond donors (Lipinski definition) is 1. The highest BCUT2D eigenvalue weighted by atomic mass is 19.4. The van der Waals surface area contributed by atoms with Crippen LogP contribution in [0.3, 0.4) is 0 Å². The molecule has 174 valence electrons. The molecular formula is C24H18F3N3O4. The second-order valence-electron chi connectivity index (χ2n) is 7.21. The molecule has 0 fully saturated rings. The predicted molar refractivity (Wildman–Crippen MR) is 116 cm³/mol. The van der Waals surface area contributed by atoms with Gasteiger partial charge in [0, 0.05) is 29.7 Å². The highest BCUT2D eigenvalue weighted by molar-refractivity contribution is 6.36. The number of ether oxygens (including phenoxy) is 2. The molecule has 0 saturated heterocycles. The van der Waals surface area contributed by atoms with Gasteiger partial charge in [0.2, 0.25) is 0 Å². The van der Waals surface area contributed by atoms with Crippen molar-refractivity contribution in [2.45, 2.75) is 12.9 Å². The molecule has 0 bridgehead atoms. The summed E-state index contributed by atoms with van der Waals surface area (Å²) >= 11 is 0. The van der Waals surface area contributed by atoms with Gasteiger partial charge in [0.25, 0.3) is 11.8 Å². The maximum absolute atomic E-state index is 13.4. The number of halogens is 3. The van der Waals surface area contributed by atoms with Gasteiger partial charge in [-0.05, 0) is 29.8 Å². The second-order valence-corrected chi connectivity index (χ2v) is 7.21. The van der Waals surface area contributed by atoms with Crippen LogP contribution in [0.25, 0.3) is 5.57 Å². The molecule has 34 heavy (non-hydrogen) atoms. The molecule has 0 aliphatic carbocycles. The zero-order valence-electron chi connectivity index (χ0n) is 17.8.